The number of carbonyl (C=O) groups excluding carboxylic acids is 1. The van der Waals surface area contributed by atoms with Crippen LogP contribution in [0.25, 0.3) is 0 Å². The third-order valence-electron chi connectivity index (χ3n) is 2.92. The van der Waals surface area contributed by atoms with Gasteiger partial charge in [0.2, 0.25) is 0 Å². The van der Waals surface area contributed by atoms with Crippen LogP contribution < -0.4 is 4.74 Å². The van der Waals surface area contributed by atoms with E-state index in [1.807, 2.05) is 25.1 Å². The van der Waals surface area contributed by atoms with Crippen LogP contribution in [0, 0.1) is 5.92 Å². The summed E-state index contributed by atoms with van der Waals surface area (Å²) < 4.78 is 5.34. The second-order valence-electron chi connectivity index (χ2n) is 4.58. The van der Waals surface area contributed by atoms with Crippen LogP contribution in [-0.2, 0) is 4.79 Å². The zero-order chi connectivity index (χ0) is 11.5. The van der Waals surface area contributed by atoms with E-state index < -0.39 is 0 Å². The molecule has 0 heterocycles. The van der Waals surface area contributed by atoms with Crippen molar-refractivity contribution in [3.63, 3.8) is 0 Å². The predicted octanol–water partition coefficient (Wildman–Crippen LogP) is 1.79. The molecule has 1 aromatic carbocycles. The average Bonchev–Trinajstić information content (AvgIpc) is 2.18. The predicted molar refractivity (Wildman–Crippen MR) is 65.2 cm³/mol. The summed E-state index contributed by atoms with van der Waals surface area (Å²) in [5, 5.41) is -0.310. The minimum atomic E-state index is -0.310. The van der Waals surface area contributed by atoms with Crippen molar-refractivity contribution in [1.82, 2.24) is 0 Å². The van der Waals surface area contributed by atoms with E-state index in [0.29, 0.717) is 11.7 Å². The maximum Gasteiger partial charge on any atom is 0.313 e. The lowest BCUT2D eigenvalue weighted by molar-refractivity contribution is -0.138. The number of para-hydroxylation sites is 1. The lowest BCUT2D eigenvalue weighted by Gasteiger charge is -2.26. The maximum absolute atomic E-state index is 11.9. The van der Waals surface area contributed by atoms with Crippen LogP contribution in [0.4, 0.5) is 0 Å². The van der Waals surface area contributed by atoms with Crippen molar-refractivity contribution >= 4 is 16.2 Å². The summed E-state index contributed by atoms with van der Waals surface area (Å²) >= 11 is 0. The summed E-state index contributed by atoms with van der Waals surface area (Å²) in [7, 11) is 0.803. The van der Waals surface area contributed by atoms with Crippen LogP contribution in [0.5, 0.6) is 5.75 Å². The van der Waals surface area contributed by atoms with Crippen molar-refractivity contribution in [2.75, 3.05) is 0 Å². The van der Waals surface area contributed by atoms with Crippen LogP contribution in [0.3, 0.4) is 0 Å². The summed E-state index contributed by atoms with van der Waals surface area (Å²) in [6.45, 7) is 6.08. The van der Waals surface area contributed by atoms with Crippen molar-refractivity contribution in [3.05, 3.63) is 30.3 Å². The van der Waals surface area contributed by atoms with Gasteiger partial charge >= 0.3 is 5.97 Å². The van der Waals surface area contributed by atoms with Gasteiger partial charge in [-0.05, 0) is 18.1 Å². The molecule has 0 aliphatic heterocycles. The largest absolute Gasteiger partial charge is 0.426 e. The first kappa shape index (κ1) is 12.0. The van der Waals surface area contributed by atoms with E-state index in [1.165, 1.54) is 0 Å². The van der Waals surface area contributed by atoms with Crippen LogP contribution in [0.1, 0.15) is 20.8 Å². The normalized spacial score (nSPS) is 14.9. The van der Waals surface area contributed by atoms with E-state index in [-0.39, 0.29) is 11.0 Å². The van der Waals surface area contributed by atoms with Crippen LogP contribution >= 0.6 is 0 Å². The molecule has 15 heavy (non-hydrogen) atoms. The molecular formula is C12H18O2Si. The van der Waals surface area contributed by atoms with Gasteiger partial charge < -0.3 is 4.74 Å². The summed E-state index contributed by atoms with van der Waals surface area (Å²) in [6, 6.07) is 9.23. The molecule has 82 valence electrons. The Bertz CT molecular complexity index is 331. The molecule has 1 atom stereocenters. The molecule has 1 unspecified atom stereocenters. The van der Waals surface area contributed by atoms with Crippen LogP contribution in [0.2, 0.25) is 5.04 Å². The van der Waals surface area contributed by atoms with E-state index in [9.17, 15) is 4.79 Å². The fourth-order valence-electron chi connectivity index (χ4n) is 0.963. The molecule has 0 spiro atoms. The highest BCUT2D eigenvalue weighted by Crippen LogP contribution is 2.32. The monoisotopic (exact) mass is 222 g/mol. The zero-order valence-electron chi connectivity index (χ0n) is 9.78. The molecule has 0 aliphatic carbocycles. The number of rotatable bonds is 3. The van der Waals surface area contributed by atoms with Gasteiger partial charge in [-0.25, -0.2) is 0 Å². The minimum absolute atomic E-state index is 0.115. The second-order valence-corrected chi connectivity index (χ2v) is 6.66. The van der Waals surface area contributed by atoms with Gasteiger partial charge in [-0.3, -0.25) is 4.79 Å². The molecule has 0 saturated carbocycles. The highest BCUT2D eigenvalue weighted by Gasteiger charge is 2.33. The maximum atomic E-state index is 11.9. The molecular weight excluding hydrogens is 204 g/mol. The van der Waals surface area contributed by atoms with Crippen molar-refractivity contribution in [1.29, 1.82) is 0 Å². The smallest absolute Gasteiger partial charge is 0.313 e. The topological polar surface area (TPSA) is 26.3 Å². The van der Waals surface area contributed by atoms with Gasteiger partial charge in [0.1, 0.15) is 5.75 Å². The Kier molecular flexibility index (Phi) is 3.69. The summed E-state index contributed by atoms with van der Waals surface area (Å²) in [5.41, 5.74) is 0. The molecule has 0 aromatic heterocycles. The molecule has 0 saturated heterocycles. The molecule has 1 aromatic rings. The first-order valence-electron chi connectivity index (χ1n) is 5.22. The summed E-state index contributed by atoms with van der Waals surface area (Å²) in [5.74, 6) is 0.834. The number of ether oxygens (including phenoxy) is 1. The Hall–Kier alpha value is -1.09. The Labute approximate surface area is 94.1 Å². The standard InChI is InChI=1S/C12H18O2Si/c1-9(2)12(3,15)11(13)14-10-7-5-4-6-8-10/h4-9H,1-3,15H3. The molecule has 0 aliphatic rings. The molecule has 0 fully saturated rings. The van der Waals surface area contributed by atoms with E-state index in [4.69, 9.17) is 4.74 Å². The lowest BCUT2D eigenvalue weighted by atomic mass is 9.97. The SMILES string of the molecule is CC(C)C(C)([SiH3])C(=O)Oc1ccccc1. The molecule has 0 N–H and O–H groups in total. The number of hydrogen-bond acceptors (Lipinski definition) is 2. The van der Waals surface area contributed by atoms with Gasteiger partial charge in [0, 0.05) is 10.2 Å². The Morgan fingerprint density at radius 3 is 2.33 bits per heavy atom. The first-order chi connectivity index (χ1) is 6.94. The third-order valence-corrected chi connectivity index (χ3v) is 4.49. The highest BCUT2D eigenvalue weighted by atomic mass is 28.1. The Morgan fingerprint density at radius 2 is 1.87 bits per heavy atom. The van der Waals surface area contributed by atoms with Gasteiger partial charge in [0.05, 0.1) is 5.04 Å². The Balaban J connectivity index is 2.72. The fraction of sp³-hybridized carbons (Fsp3) is 0.417. The van der Waals surface area contributed by atoms with Crippen molar-refractivity contribution in [2.24, 2.45) is 5.92 Å². The van der Waals surface area contributed by atoms with Gasteiger partial charge in [-0.1, -0.05) is 39.0 Å². The first-order valence-corrected chi connectivity index (χ1v) is 6.22. The molecule has 2 nitrogen and oxygen atoms in total. The molecule has 0 amide bonds. The average molecular weight is 222 g/mol. The molecule has 0 bridgehead atoms. The summed E-state index contributed by atoms with van der Waals surface area (Å²) in [4.78, 5) is 11.9. The van der Waals surface area contributed by atoms with Crippen LogP contribution in [-0.4, -0.2) is 16.2 Å². The highest BCUT2D eigenvalue weighted by molar-refractivity contribution is 6.27. The number of hydrogen-bond donors (Lipinski definition) is 0. The van der Waals surface area contributed by atoms with E-state index in [1.54, 1.807) is 12.1 Å². The van der Waals surface area contributed by atoms with E-state index in [0.717, 1.165) is 10.2 Å². The molecule has 1 rings (SSSR count). The van der Waals surface area contributed by atoms with Crippen molar-refractivity contribution in [2.45, 2.75) is 25.8 Å². The fourth-order valence-corrected chi connectivity index (χ4v) is 1.06. The van der Waals surface area contributed by atoms with Gasteiger partial charge in [-0.15, -0.1) is 0 Å². The molecule has 3 heteroatoms. The second kappa shape index (κ2) is 4.62. The lowest BCUT2D eigenvalue weighted by Crippen LogP contribution is -2.30. The van der Waals surface area contributed by atoms with Gasteiger partial charge in [0.15, 0.2) is 0 Å². The third kappa shape index (κ3) is 2.93. The van der Waals surface area contributed by atoms with Gasteiger partial charge in [-0.2, -0.15) is 0 Å². The zero-order valence-corrected chi connectivity index (χ0v) is 11.8. The number of esters is 1. The van der Waals surface area contributed by atoms with Gasteiger partial charge in [0.25, 0.3) is 0 Å². The number of benzene rings is 1. The van der Waals surface area contributed by atoms with E-state index >= 15 is 0 Å². The van der Waals surface area contributed by atoms with Crippen LogP contribution in [0.15, 0.2) is 30.3 Å². The van der Waals surface area contributed by atoms with Crippen molar-refractivity contribution in [3.8, 4) is 5.75 Å². The number of carbonyl (C=O) groups is 1. The Morgan fingerprint density at radius 1 is 1.33 bits per heavy atom. The minimum Gasteiger partial charge on any atom is -0.426 e. The van der Waals surface area contributed by atoms with E-state index in [2.05, 4.69) is 13.8 Å². The molecule has 0 radical (unpaired) electrons. The van der Waals surface area contributed by atoms with Crippen molar-refractivity contribution < 1.29 is 9.53 Å². The quantitative estimate of drug-likeness (QED) is 0.443. The summed E-state index contributed by atoms with van der Waals surface area (Å²) in [6.07, 6.45) is 0.